The molecule has 1 heterocycles. The SMILES string of the molecule is CC(C)C(Sc1cc(-n2c(=O)cc(C(F)(F)F)n(C)c2=O)c(F)cc1C#N)C(=O)O. The zero-order valence-corrected chi connectivity index (χ0v) is 16.6. The topological polar surface area (TPSA) is 105 Å². The van der Waals surface area contributed by atoms with Gasteiger partial charge in [0.15, 0.2) is 0 Å². The van der Waals surface area contributed by atoms with Crippen LogP contribution in [-0.2, 0) is 18.0 Å². The van der Waals surface area contributed by atoms with Crippen LogP contribution in [0.2, 0.25) is 0 Å². The molecule has 1 aromatic heterocycles. The van der Waals surface area contributed by atoms with Crippen molar-refractivity contribution >= 4 is 17.7 Å². The Labute approximate surface area is 171 Å². The second-order valence-electron chi connectivity index (χ2n) is 6.57. The fourth-order valence-corrected chi connectivity index (χ4v) is 3.68. The lowest BCUT2D eigenvalue weighted by molar-refractivity contribution is -0.144. The number of nitrogens with zero attached hydrogens (tertiary/aromatic N) is 3. The van der Waals surface area contributed by atoms with Crippen LogP contribution < -0.4 is 11.2 Å². The quantitative estimate of drug-likeness (QED) is 0.561. The van der Waals surface area contributed by atoms with Crippen molar-refractivity contribution in [1.82, 2.24) is 9.13 Å². The Kier molecular flexibility index (Phi) is 6.46. The molecule has 0 fully saturated rings. The van der Waals surface area contributed by atoms with Crippen LogP contribution in [0.4, 0.5) is 17.6 Å². The molecule has 0 spiro atoms. The maximum absolute atomic E-state index is 14.6. The normalized spacial score (nSPS) is 12.6. The number of carboxylic acids is 1. The van der Waals surface area contributed by atoms with Gasteiger partial charge in [-0.15, -0.1) is 11.8 Å². The van der Waals surface area contributed by atoms with Gasteiger partial charge in [0.25, 0.3) is 5.56 Å². The molecule has 1 atom stereocenters. The Balaban J connectivity index is 2.77. The monoisotopic (exact) mass is 445 g/mol. The third-order valence-electron chi connectivity index (χ3n) is 4.12. The smallest absolute Gasteiger partial charge is 0.431 e. The van der Waals surface area contributed by atoms with E-state index < -0.39 is 51.8 Å². The molecule has 0 aliphatic rings. The van der Waals surface area contributed by atoms with Crippen molar-refractivity contribution in [1.29, 1.82) is 5.26 Å². The molecule has 0 bridgehead atoms. The number of carbonyl (C=O) groups is 1. The molecule has 0 aliphatic heterocycles. The Morgan fingerprint density at radius 2 is 1.83 bits per heavy atom. The fourth-order valence-electron chi connectivity index (χ4n) is 2.63. The van der Waals surface area contributed by atoms with Crippen LogP contribution in [0.5, 0.6) is 0 Å². The van der Waals surface area contributed by atoms with Crippen molar-refractivity contribution in [2.75, 3.05) is 0 Å². The number of rotatable bonds is 5. The molecule has 30 heavy (non-hydrogen) atoms. The van der Waals surface area contributed by atoms with Crippen LogP contribution in [-0.4, -0.2) is 25.5 Å². The van der Waals surface area contributed by atoms with Gasteiger partial charge in [-0.2, -0.15) is 18.4 Å². The van der Waals surface area contributed by atoms with E-state index in [0.717, 1.165) is 13.1 Å². The number of aromatic nitrogens is 2. The van der Waals surface area contributed by atoms with E-state index in [-0.39, 0.29) is 25.7 Å². The van der Waals surface area contributed by atoms with Crippen molar-refractivity contribution in [2.24, 2.45) is 13.0 Å². The Morgan fingerprint density at radius 1 is 1.23 bits per heavy atom. The van der Waals surface area contributed by atoms with Gasteiger partial charge in [0.2, 0.25) is 0 Å². The van der Waals surface area contributed by atoms with E-state index in [1.54, 1.807) is 19.9 Å². The predicted octanol–water partition coefficient (Wildman–Crippen LogP) is 2.77. The highest BCUT2D eigenvalue weighted by molar-refractivity contribution is 8.00. The number of thioether (sulfide) groups is 1. The van der Waals surface area contributed by atoms with Gasteiger partial charge in [-0.25, -0.2) is 13.8 Å². The summed E-state index contributed by atoms with van der Waals surface area (Å²) in [4.78, 5) is 36.1. The van der Waals surface area contributed by atoms with Gasteiger partial charge in [-0.3, -0.25) is 14.2 Å². The molecule has 2 aromatic rings. The third-order valence-corrected chi connectivity index (χ3v) is 5.72. The molecule has 2 rings (SSSR count). The van der Waals surface area contributed by atoms with E-state index >= 15 is 0 Å². The average molecular weight is 445 g/mol. The van der Waals surface area contributed by atoms with Gasteiger partial charge in [-0.1, -0.05) is 13.8 Å². The molecular formula is C18H15F4N3O4S. The van der Waals surface area contributed by atoms with Crippen molar-refractivity contribution in [3.05, 3.63) is 56.1 Å². The highest BCUT2D eigenvalue weighted by atomic mass is 32.2. The van der Waals surface area contributed by atoms with E-state index in [0.29, 0.717) is 17.8 Å². The highest BCUT2D eigenvalue weighted by Crippen LogP contribution is 2.33. The summed E-state index contributed by atoms with van der Waals surface area (Å²) >= 11 is 0.704. The molecule has 7 nitrogen and oxygen atoms in total. The number of alkyl halides is 3. The second-order valence-corrected chi connectivity index (χ2v) is 7.76. The van der Waals surface area contributed by atoms with Gasteiger partial charge in [0.05, 0.1) is 11.3 Å². The predicted molar refractivity (Wildman–Crippen MR) is 99.1 cm³/mol. The van der Waals surface area contributed by atoms with Crippen LogP contribution >= 0.6 is 11.8 Å². The van der Waals surface area contributed by atoms with E-state index in [2.05, 4.69) is 0 Å². The zero-order valence-electron chi connectivity index (χ0n) is 15.8. The molecule has 1 N–H and O–H groups in total. The van der Waals surface area contributed by atoms with E-state index in [4.69, 9.17) is 0 Å². The van der Waals surface area contributed by atoms with Crippen molar-refractivity contribution in [3.8, 4) is 11.8 Å². The minimum Gasteiger partial charge on any atom is -0.480 e. The average Bonchev–Trinajstić information content (AvgIpc) is 2.62. The van der Waals surface area contributed by atoms with Crippen molar-refractivity contribution in [3.63, 3.8) is 0 Å². The van der Waals surface area contributed by atoms with Crippen LogP contribution in [0, 0.1) is 23.1 Å². The lowest BCUT2D eigenvalue weighted by Gasteiger charge is -2.18. The first-order valence-corrected chi connectivity index (χ1v) is 9.21. The summed E-state index contributed by atoms with van der Waals surface area (Å²) in [5.41, 5.74) is -5.33. The number of aliphatic carboxylic acids is 1. The van der Waals surface area contributed by atoms with Gasteiger partial charge in [0.1, 0.15) is 22.8 Å². The van der Waals surface area contributed by atoms with Crippen molar-refractivity contribution < 1.29 is 27.5 Å². The lowest BCUT2D eigenvalue weighted by atomic mass is 10.1. The molecule has 160 valence electrons. The second kappa shape index (κ2) is 8.35. The Morgan fingerprint density at radius 3 is 2.30 bits per heavy atom. The summed E-state index contributed by atoms with van der Waals surface area (Å²) in [6.45, 7) is 3.22. The first-order chi connectivity index (χ1) is 13.8. The molecular weight excluding hydrogens is 430 g/mol. The van der Waals surface area contributed by atoms with Crippen LogP contribution in [0.25, 0.3) is 5.69 Å². The molecule has 0 saturated heterocycles. The Hall–Kier alpha value is -3.07. The minimum absolute atomic E-state index is 0.0381. The molecule has 1 aromatic carbocycles. The van der Waals surface area contributed by atoms with Gasteiger partial charge in [0, 0.05) is 18.0 Å². The van der Waals surface area contributed by atoms with E-state index in [9.17, 15) is 42.3 Å². The lowest BCUT2D eigenvalue weighted by Crippen LogP contribution is -2.41. The summed E-state index contributed by atoms with van der Waals surface area (Å²) in [5, 5.41) is 17.5. The number of benzene rings is 1. The highest BCUT2D eigenvalue weighted by Gasteiger charge is 2.35. The number of hydrogen-bond acceptors (Lipinski definition) is 5. The Bertz CT molecular complexity index is 1160. The number of halogens is 4. The fraction of sp³-hybridized carbons (Fsp3) is 0.333. The molecule has 0 aliphatic carbocycles. The molecule has 12 heteroatoms. The summed E-state index contributed by atoms with van der Waals surface area (Å²) in [6.07, 6.45) is -4.98. The standard InChI is InChI=1S/C18H15F4N3O4S/c1-8(2)15(16(27)28)30-12-5-11(10(19)4-9(12)7-23)25-14(26)6-13(18(20,21)22)24(3)17(25)29/h4-6,8,15H,1-3H3,(H,27,28). The largest absolute Gasteiger partial charge is 0.480 e. The summed E-state index contributed by atoms with van der Waals surface area (Å²) in [6, 6.07) is 3.45. The molecule has 1 unspecified atom stereocenters. The summed E-state index contributed by atoms with van der Waals surface area (Å²) < 4.78 is 53.9. The number of hydrogen-bond donors (Lipinski definition) is 1. The number of carboxylic acid groups (broad SMARTS) is 1. The maximum Gasteiger partial charge on any atom is 0.431 e. The van der Waals surface area contributed by atoms with Crippen LogP contribution in [0.3, 0.4) is 0 Å². The third kappa shape index (κ3) is 4.40. The van der Waals surface area contributed by atoms with Gasteiger partial charge < -0.3 is 5.11 Å². The zero-order chi connectivity index (χ0) is 23.0. The molecule has 0 radical (unpaired) electrons. The number of nitriles is 1. The molecule has 0 saturated carbocycles. The maximum atomic E-state index is 14.6. The molecule has 0 amide bonds. The van der Waals surface area contributed by atoms with Gasteiger partial charge >= 0.3 is 17.8 Å². The van der Waals surface area contributed by atoms with E-state index in [1.165, 1.54) is 0 Å². The first-order valence-electron chi connectivity index (χ1n) is 8.33. The summed E-state index contributed by atoms with van der Waals surface area (Å²) in [7, 11) is 0.775. The van der Waals surface area contributed by atoms with Crippen LogP contribution in [0.15, 0.2) is 32.7 Å². The minimum atomic E-state index is -4.98. The summed E-state index contributed by atoms with van der Waals surface area (Å²) in [5.74, 6) is -2.80. The van der Waals surface area contributed by atoms with E-state index in [1.807, 2.05) is 0 Å². The van der Waals surface area contributed by atoms with Gasteiger partial charge in [-0.05, 0) is 18.1 Å². The van der Waals surface area contributed by atoms with Crippen molar-refractivity contribution in [2.45, 2.75) is 30.2 Å². The van der Waals surface area contributed by atoms with Crippen LogP contribution in [0.1, 0.15) is 25.1 Å². The first kappa shape index (κ1) is 23.2.